The number of benzene rings is 1. The molecule has 0 aromatic heterocycles. The van der Waals surface area contributed by atoms with Crippen molar-refractivity contribution < 1.29 is 14.3 Å². The van der Waals surface area contributed by atoms with Crippen LogP contribution in [0.1, 0.15) is 18.9 Å². The third kappa shape index (κ3) is 5.07. The molecular weight excluding hydrogens is 304 g/mol. The Morgan fingerprint density at radius 1 is 1.45 bits per heavy atom. The number of rotatable bonds is 7. The minimum Gasteiger partial charge on any atom is -0.495 e. The van der Waals surface area contributed by atoms with E-state index in [-0.39, 0.29) is 18.2 Å². The van der Waals surface area contributed by atoms with Crippen molar-refractivity contribution in [3.63, 3.8) is 0 Å². The van der Waals surface area contributed by atoms with Crippen LogP contribution in [0.4, 0.5) is 5.69 Å². The Kier molecular flexibility index (Phi) is 6.92. The zero-order valence-electron chi connectivity index (χ0n) is 13.1. The van der Waals surface area contributed by atoms with Gasteiger partial charge in [-0.2, -0.15) is 0 Å². The van der Waals surface area contributed by atoms with Gasteiger partial charge in [-0.25, -0.2) is 0 Å². The summed E-state index contributed by atoms with van der Waals surface area (Å²) in [5.41, 5.74) is 1.40. The standard InChI is InChI=1S/C16H21ClN2O3/c1-5-7-19(12(3)20)8-6-16(21)18-14-9-11(2)13(17)10-15(14)22-4/h5,9-10H,1,6-8H2,2-4H3,(H,18,21). The summed E-state index contributed by atoms with van der Waals surface area (Å²) in [4.78, 5) is 25.0. The molecule has 0 spiro atoms. The monoisotopic (exact) mass is 324 g/mol. The fourth-order valence-electron chi connectivity index (χ4n) is 1.91. The van der Waals surface area contributed by atoms with Gasteiger partial charge >= 0.3 is 0 Å². The summed E-state index contributed by atoms with van der Waals surface area (Å²) in [6.45, 7) is 7.66. The molecule has 0 atom stereocenters. The van der Waals surface area contributed by atoms with Crippen molar-refractivity contribution >= 4 is 29.1 Å². The van der Waals surface area contributed by atoms with Gasteiger partial charge in [0.1, 0.15) is 5.75 Å². The van der Waals surface area contributed by atoms with Gasteiger partial charge in [-0.05, 0) is 18.6 Å². The van der Waals surface area contributed by atoms with Crippen LogP contribution in [0.25, 0.3) is 0 Å². The third-order valence-corrected chi connectivity index (χ3v) is 3.57. The Hall–Kier alpha value is -2.01. The summed E-state index contributed by atoms with van der Waals surface area (Å²) in [5, 5.41) is 3.35. The largest absolute Gasteiger partial charge is 0.495 e. The highest BCUT2D eigenvalue weighted by Crippen LogP contribution is 2.30. The zero-order chi connectivity index (χ0) is 16.7. The molecule has 1 aromatic carbocycles. The number of aryl methyl sites for hydroxylation is 1. The van der Waals surface area contributed by atoms with E-state index >= 15 is 0 Å². The number of nitrogens with zero attached hydrogens (tertiary/aromatic N) is 1. The smallest absolute Gasteiger partial charge is 0.226 e. The van der Waals surface area contributed by atoms with E-state index in [4.69, 9.17) is 16.3 Å². The summed E-state index contributed by atoms with van der Waals surface area (Å²) in [6, 6.07) is 3.41. The van der Waals surface area contributed by atoms with Crippen LogP contribution < -0.4 is 10.1 Å². The highest BCUT2D eigenvalue weighted by molar-refractivity contribution is 6.31. The maximum atomic E-state index is 12.0. The molecule has 0 aliphatic heterocycles. The number of hydrogen-bond donors (Lipinski definition) is 1. The molecular formula is C16H21ClN2O3. The molecule has 0 bridgehead atoms. The topological polar surface area (TPSA) is 58.6 Å². The molecule has 0 fully saturated rings. The van der Waals surface area contributed by atoms with Crippen molar-refractivity contribution in [1.29, 1.82) is 0 Å². The van der Waals surface area contributed by atoms with E-state index in [1.54, 1.807) is 23.1 Å². The molecule has 0 saturated carbocycles. The fraction of sp³-hybridized carbons (Fsp3) is 0.375. The average Bonchev–Trinajstić information content (AvgIpc) is 2.46. The van der Waals surface area contributed by atoms with Crippen molar-refractivity contribution in [2.24, 2.45) is 0 Å². The molecule has 0 heterocycles. The number of ether oxygens (including phenoxy) is 1. The van der Waals surface area contributed by atoms with Crippen molar-refractivity contribution in [2.45, 2.75) is 20.3 Å². The number of carbonyl (C=O) groups excluding carboxylic acids is 2. The molecule has 0 saturated heterocycles. The van der Waals surface area contributed by atoms with Crippen LogP contribution in [0, 0.1) is 6.92 Å². The predicted octanol–water partition coefficient (Wildman–Crippen LogP) is 3.02. The summed E-state index contributed by atoms with van der Waals surface area (Å²) < 4.78 is 5.21. The highest BCUT2D eigenvalue weighted by atomic mass is 35.5. The molecule has 0 unspecified atom stereocenters. The second-order valence-corrected chi connectivity index (χ2v) is 5.26. The Labute approximate surface area is 135 Å². The molecule has 1 N–H and O–H groups in total. The summed E-state index contributed by atoms with van der Waals surface area (Å²) in [5.74, 6) is 0.210. The molecule has 1 aromatic rings. The molecule has 120 valence electrons. The van der Waals surface area contributed by atoms with Gasteiger partial charge in [0.05, 0.1) is 12.8 Å². The molecule has 0 aliphatic rings. The third-order valence-electron chi connectivity index (χ3n) is 3.16. The van der Waals surface area contributed by atoms with E-state index in [1.165, 1.54) is 14.0 Å². The maximum Gasteiger partial charge on any atom is 0.226 e. The number of carbonyl (C=O) groups is 2. The quantitative estimate of drug-likeness (QED) is 0.784. The van der Waals surface area contributed by atoms with Crippen LogP contribution >= 0.6 is 11.6 Å². The van der Waals surface area contributed by atoms with Crippen LogP contribution in [0.2, 0.25) is 5.02 Å². The van der Waals surface area contributed by atoms with Crippen LogP contribution in [0.5, 0.6) is 5.75 Å². The van der Waals surface area contributed by atoms with Crippen LogP contribution in [0.3, 0.4) is 0 Å². The van der Waals surface area contributed by atoms with Gasteiger partial charge in [-0.3, -0.25) is 9.59 Å². The second kappa shape index (κ2) is 8.44. The van der Waals surface area contributed by atoms with E-state index in [2.05, 4.69) is 11.9 Å². The zero-order valence-corrected chi connectivity index (χ0v) is 13.9. The molecule has 1 rings (SSSR count). The Bertz CT molecular complexity index is 573. The van der Waals surface area contributed by atoms with Crippen LogP contribution in [0.15, 0.2) is 24.8 Å². The first kappa shape index (κ1) is 18.0. The minimum atomic E-state index is -0.199. The molecule has 2 amide bonds. The Balaban J connectivity index is 2.71. The fourth-order valence-corrected chi connectivity index (χ4v) is 2.07. The van der Waals surface area contributed by atoms with Crippen LogP contribution in [-0.2, 0) is 9.59 Å². The van der Waals surface area contributed by atoms with Gasteiger partial charge < -0.3 is 15.0 Å². The Morgan fingerprint density at radius 3 is 2.68 bits per heavy atom. The lowest BCUT2D eigenvalue weighted by Crippen LogP contribution is -2.32. The van der Waals surface area contributed by atoms with Crippen LogP contribution in [-0.4, -0.2) is 36.9 Å². The van der Waals surface area contributed by atoms with Gasteiger partial charge in [0.2, 0.25) is 11.8 Å². The first-order valence-electron chi connectivity index (χ1n) is 6.89. The minimum absolute atomic E-state index is 0.0902. The lowest BCUT2D eigenvalue weighted by Gasteiger charge is -2.19. The van der Waals surface area contributed by atoms with E-state index in [0.717, 1.165) is 5.56 Å². The Morgan fingerprint density at radius 2 is 2.14 bits per heavy atom. The lowest BCUT2D eigenvalue weighted by molar-refractivity contribution is -0.128. The second-order valence-electron chi connectivity index (χ2n) is 4.85. The molecule has 0 radical (unpaired) electrons. The van der Waals surface area contributed by atoms with Gasteiger partial charge in [-0.1, -0.05) is 17.7 Å². The SMILES string of the molecule is C=CCN(CCC(=O)Nc1cc(C)c(Cl)cc1OC)C(C)=O. The van der Waals surface area contributed by atoms with Crippen molar-refractivity contribution in [3.8, 4) is 5.75 Å². The van der Waals surface area contributed by atoms with E-state index in [0.29, 0.717) is 29.5 Å². The maximum absolute atomic E-state index is 12.0. The average molecular weight is 325 g/mol. The lowest BCUT2D eigenvalue weighted by atomic mass is 10.2. The number of halogens is 1. The van der Waals surface area contributed by atoms with E-state index in [1.807, 2.05) is 6.92 Å². The van der Waals surface area contributed by atoms with Crippen molar-refractivity contribution in [3.05, 3.63) is 35.4 Å². The van der Waals surface area contributed by atoms with Gasteiger partial charge in [-0.15, -0.1) is 6.58 Å². The molecule has 5 nitrogen and oxygen atoms in total. The number of anilines is 1. The summed E-state index contributed by atoms with van der Waals surface area (Å²) in [6.07, 6.45) is 1.82. The van der Waals surface area contributed by atoms with E-state index < -0.39 is 0 Å². The van der Waals surface area contributed by atoms with Gasteiger partial charge in [0.25, 0.3) is 0 Å². The number of methoxy groups -OCH3 is 1. The molecule has 22 heavy (non-hydrogen) atoms. The highest BCUT2D eigenvalue weighted by Gasteiger charge is 2.13. The first-order valence-corrected chi connectivity index (χ1v) is 7.27. The number of nitrogens with one attached hydrogen (secondary N) is 1. The summed E-state index contributed by atoms with van der Waals surface area (Å²) in [7, 11) is 1.51. The van der Waals surface area contributed by atoms with E-state index in [9.17, 15) is 9.59 Å². The molecule has 0 aliphatic carbocycles. The van der Waals surface area contributed by atoms with Crippen molar-refractivity contribution in [1.82, 2.24) is 4.90 Å². The van der Waals surface area contributed by atoms with Crippen molar-refractivity contribution in [2.75, 3.05) is 25.5 Å². The predicted molar refractivity (Wildman–Crippen MR) is 88.4 cm³/mol. The number of hydrogen-bond acceptors (Lipinski definition) is 3. The van der Waals surface area contributed by atoms with Gasteiger partial charge in [0, 0.05) is 37.5 Å². The molecule has 6 heteroatoms. The summed E-state index contributed by atoms with van der Waals surface area (Å²) >= 11 is 6.03. The first-order chi connectivity index (χ1) is 10.4. The number of amides is 2. The van der Waals surface area contributed by atoms with Gasteiger partial charge in [0.15, 0.2) is 0 Å². The normalized spacial score (nSPS) is 10.0.